The minimum absolute atomic E-state index is 0.255. The molecule has 2 N–H and O–H groups in total. The van der Waals surface area contributed by atoms with Crippen LogP contribution in [0.25, 0.3) is 0 Å². The van der Waals surface area contributed by atoms with Gasteiger partial charge in [0.05, 0.1) is 18.2 Å². The Morgan fingerprint density at radius 2 is 1.91 bits per heavy atom. The Morgan fingerprint density at radius 3 is 2.50 bits per heavy atom. The number of nitrogens with one attached hydrogen (secondary N) is 2. The van der Waals surface area contributed by atoms with E-state index in [1.165, 1.54) is 19.2 Å². The van der Waals surface area contributed by atoms with Crippen molar-refractivity contribution in [3.8, 4) is 5.75 Å². The van der Waals surface area contributed by atoms with Crippen LogP contribution >= 0.6 is 11.6 Å². The molecule has 2 rings (SSSR count). The van der Waals surface area contributed by atoms with E-state index in [9.17, 15) is 9.18 Å². The van der Waals surface area contributed by atoms with Gasteiger partial charge in [0.15, 0.2) is 0 Å². The Morgan fingerprint density at radius 1 is 1.23 bits per heavy atom. The van der Waals surface area contributed by atoms with Gasteiger partial charge in [-0.15, -0.1) is 0 Å². The van der Waals surface area contributed by atoms with Crippen LogP contribution in [0, 0.1) is 5.82 Å². The lowest BCUT2D eigenvalue weighted by atomic mass is 10.1. The van der Waals surface area contributed by atoms with E-state index in [0.29, 0.717) is 16.5 Å². The number of hydrogen-bond donors (Lipinski definition) is 2. The zero-order valence-electron chi connectivity index (χ0n) is 12.2. The second kappa shape index (κ2) is 7.13. The number of ether oxygens (including phenoxy) is 1. The molecule has 2 aromatic rings. The molecule has 0 radical (unpaired) electrons. The molecule has 116 valence electrons. The van der Waals surface area contributed by atoms with E-state index in [1.807, 2.05) is 6.92 Å². The smallest absolute Gasteiger partial charge is 0.319 e. The number of anilines is 1. The Hall–Kier alpha value is -2.27. The summed E-state index contributed by atoms with van der Waals surface area (Å²) in [6.07, 6.45) is 0. The van der Waals surface area contributed by atoms with Crippen molar-refractivity contribution >= 4 is 23.3 Å². The van der Waals surface area contributed by atoms with Crippen molar-refractivity contribution in [2.24, 2.45) is 0 Å². The fourth-order valence-electron chi connectivity index (χ4n) is 1.94. The van der Waals surface area contributed by atoms with Gasteiger partial charge in [-0.1, -0.05) is 23.7 Å². The topological polar surface area (TPSA) is 50.4 Å². The molecule has 22 heavy (non-hydrogen) atoms. The second-order valence-electron chi connectivity index (χ2n) is 4.72. The first kappa shape index (κ1) is 16.1. The predicted molar refractivity (Wildman–Crippen MR) is 85.0 cm³/mol. The van der Waals surface area contributed by atoms with Crippen molar-refractivity contribution in [3.05, 3.63) is 58.9 Å². The molecule has 0 aliphatic carbocycles. The van der Waals surface area contributed by atoms with Gasteiger partial charge in [-0.25, -0.2) is 9.18 Å². The summed E-state index contributed by atoms with van der Waals surface area (Å²) in [6, 6.07) is 10.3. The van der Waals surface area contributed by atoms with E-state index < -0.39 is 0 Å². The average Bonchev–Trinajstić information content (AvgIpc) is 2.48. The third-order valence-corrected chi connectivity index (χ3v) is 3.42. The number of halogens is 2. The number of carbonyl (C=O) groups is 1. The quantitative estimate of drug-likeness (QED) is 0.878. The highest BCUT2D eigenvalue weighted by Crippen LogP contribution is 2.27. The fourth-order valence-corrected chi connectivity index (χ4v) is 2.20. The lowest BCUT2D eigenvalue weighted by molar-refractivity contribution is 0.249. The number of urea groups is 1. The number of amides is 2. The van der Waals surface area contributed by atoms with Gasteiger partial charge >= 0.3 is 6.03 Å². The van der Waals surface area contributed by atoms with Gasteiger partial charge in [-0.2, -0.15) is 0 Å². The van der Waals surface area contributed by atoms with Crippen molar-refractivity contribution in [1.29, 1.82) is 0 Å². The molecule has 0 fully saturated rings. The third-order valence-electron chi connectivity index (χ3n) is 3.13. The van der Waals surface area contributed by atoms with Gasteiger partial charge in [0.1, 0.15) is 11.6 Å². The average molecular weight is 323 g/mol. The molecule has 2 amide bonds. The first-order valence-electron chi connectivity index (χ1n) is 6.66. The van der Waals surface area contributed by atoms with E-state index in [4.69, 9.17) is 16.3 Å². The van der Waals surface area contributed by atoms with Gasteiger partial charge < -0.3 is 15.4 Å². The SMILES string of the molecule is COc1ccc(NC(=O)NC(C)c2ccc(F)cc2)cc1Cl. The van der Waals surface area contributed by atoms with Crippen molar-refractivity contribution in [3.63, 3.8) is 0 Å². The zero-order valence-corrected chi connectivity index (χ0v) is 12.9. The van der Waals surface area contributed by atoms with E-state index >= 15 is 0 Å². The minimum atomic E-state index is -0.377. The van der Waals surface area contributed by atoms with Crippen LogP contribution in [0.2, 0.25) is 5.02 Å². The Balaban J connectivity index is 1.97. The maximum absolute atomic E-state index is 12.9. The Kier molecular flexibility index (Phi) is 5.22. The standard InChI is InChI=1S/C16H16ClFN2O2/c1-10(11-3-5-12(18)6-4-11)19-16(21)20-13-7-8-15(22-2)14(17)9-13/h3-10H,1-2H3,(H2,19,20,21). The van der Waals surface area contributed by atoms with Gasteiger partial charge in [0.25, 0.3) is 0 Å². The molecule has 4 nitrogen and oxygen atoms in total. The molecule has 0 bridgehead atoms. The molecule has 0 aromatic heterocycles. The van der Waals surface area contributed by atoms with E-state index in [2.05, 4.69) is 10.6 Å². The summed E-state index contributed by atoms with van der Waals surface area (Å²) in [6.45, 7) is 1.81. The molecular weight excluding hydrogens is 307 g/mol. The molecule has 0 aliphatic heterocycles. The van der Waals surface area contributed by atoms with Crippen LogP contribution in [-0.2, 0) is 0 Å². The van der Waals surface area contributed by atoms with E-state index in [0.717, 1.165) is 5.56 Å². The Labute approximate surface area is 133 Å². The molecule has 0 aliphatic rings. The van der Waals surface area contributed by atoms with Gasteiger partial charge in [-0.3, -0.25) is 0 Å². The van der Waals surface area contributed by atoms with Crippen LogP contribution in [0.3, 0.4) is 0 Å². The van der Waals surface area contributed by atoms with E-state index in [-0.39, 0.29) is 17.9 Å². The van der Waals surface area contributed by atoms with Gasteiger partial charge in [-0.05, 0) is 42.8 Å². The highest BCUT2D eigenvalue weighted by Gasteiger charge is 2.10. The zero-order chi connectivity index (χ0) is 16.1. The van der Waals surface area contributed by atoms with Crippen LogP contribution < -0.4 is 15.4 Å². The van der Waals surface area contributed by atoms with Crippen molar-refractivity contribution in [1.82, 2.24) is 5.32 Å². The molecule has 0 saturated carbocycles. The molecule has 2 aromatic carbocycles. The van der Waals surface area contributed by atoms with Crippen LogP contribution in [0.15, 0.2) is 42.5 Å². The highest BCUT2D eigenvalue weighted by atomic mass is 35.5. The summed E-state index contributed by atoms with van der Waals surface area (Å²) in [5, 5.41) is 5.86. The van der Waals surface area contributed by atoms with E-state index in [1.54, 1.807) is 30.3 Å². The maximum atomic E-state index is 12.9. The molecular formula is C16H16ClFN2O2. The molecule has 6 heteroatoms. The Bertz CT molecular complexity index is 662. The van der Waals surface area contributed by atoms with Crippen molar-refractivity contribution < 1.29 is 13.9 Å². The molecule has 0 spiro atoms. The molecule has 1 unspecified atom stereocenters. The molecule has 0 saturated heterocycles. The van der Waals surface area contributed by atoms with Crippen LogP contribution in [0.1, 0.15) is 18.5 Å². The van der Waals surface area contributed by atoms with Crippen LogP contribution in [0.4, 0.5) is 14.9 Å². The van der Waals surface area contributed by atoms with Crippen LogP contribution in [-0.4, -0.2) is 13.1 Å². The number of hydrogen-bond acceptors (Lipinski definition) is 2. The summed E-state index contributed by atoms with van der Waals surface area (Å²) < 4.78 is 17.9. The summed E-state index contributed by atoms with van der Waals surface area (Å²) in [5.74, 6) is 0.223. The monoisotopic (exact) mass is 322 g/mol. The minimum Gasteiger partial charge on any atom is -0.495 e. The van der Waals surface area contributed by atoms with Crippen molar-refractivity contribution in [2.75, 3.05) is 12.4 Å². The number of benzene rings is 2. The predicted octanol–water partition coefficient (Wildman–Crippen LogP) is 4.37. The third kappa shape index (κ3) is 4.11. The van der Waals surface area contributed by atoms with Crippen LogP contribution in [0.5, 0.6) is 5.75 Å². The van der Waals surface area contributed by atoms with Gasteiger partial charge in [0.2, 0.25) is 0 Å². The summed E-state index contributed by atoms with van der Waals surface area (Å²) in [7, 11) is 1.52. The van der Waals surface area contributed by atoms with Gasteiger partial charge in [0, 0.05) is 5.69 Å². The largest absolute Gasteiger partial charge is 0.495 e. The first-order valence-corrected chi connectivity index (χ1v) is 7.04. The van der Waals surface area contributed by atoms with Crippen molar-refractivity contribution in [2.45, 2.75) is 13.0 Å². The molecule has 1 atom stereocenters. The highest BCUT2D eigenvalue weighted by molar-refractivity contribution is 6.32. The maximum Gasteiger partial charge on any atom is 0.319 e. The normalized spacial score (nSPS) is 11.6. The first-order chi connectivity index (χ1) is 10.5. The number of carbonyl (C=O) groups excluding carboxylic acids is 1. The fraction of sp³-hybridized carbons (Fsp3) is 0.188. The lowest BCUT2D eigenvalue weighted by Gasteiger charge is -2.15. The lowest BCUT2D eigenvalue weighted by Crippen LogP contribution is -2.31. The summed E-state index contributed by atoms with van der Waals surface area (Å²) in [5.41, 5.74) is 1.36. The second-order valence-corrected chi connectivity index (χ2v) is 5.13. The molecule has 0 heterocycles. The summed E-state index contributed by atoms with van der Waals surface area (Å²) >= 11 is 6.00. The number of rotatable bonds is 4. The summed E-state index contributed by atoms with van der Waals surface area (Å²) in [4.78, 5) is 12.0. The number of methoxy groups -OCH3 is 1.